The molecule has 0 bridgehead atoms. The Kier molecular flexibility index (Phi) is 6.69. The van der Waals surface area contributed by atoms with Crippen LogP contribution in [0.5, 0.6) is 0 Å². The molecule has 0 radical (unpaired) electrons. The van der Waals surface area contributed by atoms with E-state index in [1.54, 1.807) is 5.20 Å². The Balaban J connectivity index is 2.23. The molecule has 0 aromatic heterocycles. The van der Waals surface area contributed by atoms with Crippen LogP contribution in [0.3, 0.4) is 0 Å². The molecule has 1 heterocycles. The SMILES string of the molecule is CC=C(C)[SiH2]CCC[Si](C)(C)N1CCOCC1. The first-order valence-electron chi connectivity index (χ1n) is 7.01. The second-order valence-corrected chi connectivity index (χ2v) is 12.8. The molecule has 0 saturated carbocycles. The number of hydrogen-bond donors (Lipinski definition) is 0. The van der Waals surface area contributed by atoms with Crippen molar-refractivity contribution in [2.24, 2.45) is 0 Å². The van der Waals surface area contributed by atoms with Gasteiger partial charge < -0.3 is 9.30 Å². The first-order chi connectivity index (χ1) is 8.06. The number of morpholine rings is 1. The highest BCUT2D eigenvalue weighted by Gasteiger charge is 2.29. The van der Waals surface area contributed by atoms with E-state index in [-0.39, 0.29) is 9.52 Å². The lowest BCUT2D eigenvalue weighted by atomic mass is 10.5. The minimum absolute atomic E-state index is 0.0785. The van der Waals surface area contributed by atoms with Crippen LogP contribution in [-0.2, 0) is 4.74 Å². The molecule has 0 amide bonds. The van der Waals surface area contributed by atoms with Crippen molar-refractivity contribution in [1.29, 1.82) is 0 Å². The van der Waals surface area contributed by atoms with Crippen molar-refractivity contribution in [2.45, 2.75) is 45.5 Å². The Bertz CT molecular complexity index is 248. The molecule has 2 nitrogen and oxygen atoms in total. The third-order valence-electron chi connectivity index (χ3n) is 3.97. The second kappa shape index (κ2) is 7.51. The summed E-state index contributed by atoms with van der Waals surface area (Å²) in [6, 6.07) is 2.97. The summed E-state index contributed by atoms with van der Waals surface area (Å²) in [6.45, 7) is 13.8. The van der Waals surface area contributed by atoms with Crippen molar-refractivity contribution in [3.05, 3.63) is 11.3 Å². The van der Waals surface area contributed by atoms with Gasteiger partial charge in [-0.05, 0) is 19.9 Å². The number of nitrogens with zero attached hydrogens (tertiary/aromatic N) is 1. The van der Waals surface area contributed by atoms with E-state index in [4.69, 9.17) is 4.74 Å². The van der Waals surface area contributed by atoms with Gasteiger partial charge in [0.2, 0.25) is 0 Å². The normalized spacial score (nSPS) is 20.4. The standard InChI is InChI=1S/C13H29NOSi2/c1-5-13(2)16-11-6-12-17(3,4)14-7-9-15-10-8-14/h5H,6-12,16H2,1-4H3. The van der Waals surface area contributed by atoms with Crippen LogP contribution in [0.1, 0.15) is 20.3 Å². The monoisotopic (exact) mass is 271 g/mol. The summed E-state index contributed by atoms with van der Waals surface area (Å²) in [7, 11) is -1.05. The highest BCUT2D eigenvalue weighted by atomic mass is 28.3. The summed E-state index contributed by atoms with van der Waals surface area (Å²) >= 11 is 0. The first-order valence-corrected chi connectivity index (χ1v) is 11.9. The van der Waals surface area contributed by atoms with Crippen LogP contribution in [0.2, 0.25) is 25.2 Å². The zero-order valence-corrected chi connectivity index (χ0v) is 14.5. The number of hydrogen-bond acceptors (Lipinski definition) is 2. The largest absolute Gasteiger partial charge is 0.379 e. The predicted octanol–water partition coefficient (Wildman–Crippen LogP) is 2.42. The number of rotatable bonds is 6. The van der Waals surface area contributed by atoms with Crippen LogP contribution in [-0.4, -0.2) is 48.6 Å². The smallest absolute Gasteiger partial charge is 0.122 e. The van der Waals surface area contributed by atoms with Gasteiger partial charge in [-0.15, -0.1) is 0 Å². The van der Waals surface area contributed by atoms with Crippen LogP contribution in [0.15, 0.2) is 11.3 Å². The lowest BCUT2D eigenvalue weighted by Gasteiger charge is -2.39. The molecule has 0 unspecified atom stereocenters. The van der Waals surface area contributed by atoms with Gasteiger partial charge in [-0.3, -0.25) is 0 Å². The third kappa shape index (κ3) is 5.51. The van der Waals surface area contributed by atoms with Gasteiger partial charge in [0.25, 0.3) is 0 Å². The number of allylic oxidation sites excluding steroid dienone is 2. The van der Waals surface area contributed by atoms with E-state index < -0.39 is 8.24 Å². The van der Waals surface area contributed by atoms with Gasteiger partial charge in [0.15, 0.2) is 0 Å². The molecule has 17 heavy (non-hydrogen) atoms. The molecule has 0 atom stereocenters. The van der Waals surface area contributed by atoms with E-state index in [9.17, 15) is 0 Å². The van der Waals surface area contributed by atoms with Gasteiger partial charge in [0.05, 0.1) is 13.2 Å². The zero-order chi connectivity index (χ0) is 12.7. The molecule has 1 aliphatic rings. The average Bonchev–Trinajstić information content (AvgIpc) is 2.35. The molecule has 0 aliphatic carbocycles. The molecular formula is C13H29NOSi2. The fourth-order valence-corrected chi connectivity index (χ4v) is 7.10. The van der Waals surface area contributed by atoms with E-state index >= 15 is 0 Å². The third-order valence-corrected chi connectivity index (χ3v) is 9.76. The summed E-state index contributed by atoms with van der Waals surface area (Å²) < 4.78 is 8.18. The summed E-state index contributed by atoms with van der Waals surface area (Å²) in [5, 5.41) is 1.68. The Morgan fingerprint density at radius 3 is 2.59 bits per heavy atom. The number of ether oxygens (including phenoxy) is 1. The van der Waals surface area contributed by atoms with Crippen LogP contribution in [0.25, 0.3) is 0 Å². The lowest BCUT2D eigenvalue weighted by Crippen LogP contribution is -2.53. The van der Waals surface area contributed by atoms with E-state index in [2.05, 4.69) is 37.6 Å². The Hall–Kier alpha value is 0.0938. The van der Waals surface area contributed by atoms with E-state index in [0.29, 0.717) is 0 Å². The van der Waals surface area contributed by atoms with E-state index in [0.717, 1.165) is 13.2 Å². The van der Waals surface area contributed by atoms with Gasteiger partial charge in [0.1, 0.15) is 8.24 Å². The Morgan fingerprint density at radius 1 is 1.35 bits per heavy atom. The lowest BCUT2D eigenvalue weighted by molar-refractivity contribution is 0.0688. The van der Waals surface area contributed by atoms with E-state index in [1.807, 2.05) is 0 Å². The maximum Gasteiger partial charge on any atom is 0.122 e. The minimum Gasteiger partial charge on any atom is -0.379 e. The van der Waals surface area contributed by atoms with Crippen LogP contribution in [0.4, 0.5) is 0 Å². The highest BCUT2D eigenvalue weighted by Crippen LogP contribution is 2.20. The van der Waals surface area contributed by atoms with Gasteiger partial charge in [-0.1, -0.05) is 36.8 Å². The fourth-order valence-electron chi connectivity index (χ4n) is 2.43. The summed E-state index contributed by atoms with van der Waals surface area (Å²) in [6.07, 6.45) is 3.75. The molecule has 0 aromatic rings. The minimum atomic E-state index is -1.13. The summed E-state index contributed by atoms with van der Waals surface area (Å²) in [4.78, 5) is 0. The molecule has 1 aliphatic heterocycles. The molecule has 0 spiro atoms. The molecule has 4 heteroatoms. The molecule has 1 fully saturated rings. The first kappa shape index (κ1) is 15.2. The average molecular weight is 272 g/mol. The van der Waals surface area contributed by atoms with Crippen LogP contribution >= 0.6 is 0 Å². The van der Waals surface area contributed by atoms with E-state index in [1.165, 1.54) is 31.6 Å². The van der Waals surface area contributed by atoms with Crippen molar-refractivity contribution in [3.63, 3.8) is 0 Å². The van der Waals surface area contributed by atoms with Crippen molar-refractivity contribution in [2.75, 3.05) is 26.3 Å². The maximum absolute atomic E-state index is 5.45. The van der Waals surface area contributed by atoms with Crippen LogP contribution < -0.4 is 0 Å². The molecule has 1 rings (SSSR count). The van der Waals surface area contributed by atoms with Gasteiger partial charge in [-0.25, -0.2) is 0 Å². The summed E-state index contributed by atoms with van der Waals surface area (Å²) in [5.74, 6) is 0. The molecular weight excluding hydrogens is 242 g/mol. The molecule has 100 valence electrons. The maximum atomic E-state index is 5.45. The molecule has 0 N–H and O–H groups in total. The van der Waals surface area contributed by atoms with Crippen molar-refractivity contribution >= 4 is 17.8 Å². The topological polar surface area (TPSA) is 12.5 Å². The van der Waals surface area contributed by atoms with Gasteiger partial charge >= 0.3 is 0 Å². The van der Waals surface area contributed by atoms with Crippen molar-refractivity contribution in [1.82, 2.24) is 4.57 Å². The quantitative estimate of drug-likeness (QED) is 0.543. The molecule has 0 aromatic carbocycles. The Morgan fingerprint density at radius 2 is 2.00 bits per heavy atom. The summed E-state index contributed by atoms with van der Waals surface area (Å²) in [5.41, 5.74) is 0. The second-order valence-electron chi connectivity index (χ2n) is 5.75. The van der Waals surface area contributed by atoms with Gasteiger partial charge in [0, 0.05) is 22.6 Å². The van der Waals surface area contributed by atoms with Crippen molar-refractivity contribution in [3.8, 4) is 0 Å². The fraction of sp³-hybridized carbons (Fsp3) is 0.846. The zero-order valence-electron chi connectivity index (χ0n) is 12.1. The van der Waals surface area contributed by atoms with Gasteiger partial charge in [-0.2, -0.15) is 0 Å². The van der Waals surface area contributed by atoms with Crippen LogP contribution in [0, 0.1) is 0 Å². The predicted molar refractivity (Wildman–Crippen MR) is 82.1 cm³/mol. The highest BCUT2D eigenvalue weighted by molar-refractivity contribution is 6.74. The molecule has 1 saturated heterocycles. The Labute approximate surface area is 110 Å². The van der Waals surface area contributed by atoms with Crippen molar-refractivity contribution < 1.29 is 4.74 Å².